The summed E-state index contributed by atoms with van der Waals surface area (Å²) in [7, 11) is 1.88. The van der Waals surface area contributed by atoms with Gasteiger partial charge in [-0.25, -0.2) is 9.97 Å². The van der Waals surface area contributed by atoms with Gasteiger partial charge < -0.3 is 5.32 Å². The molecule has 0 amide bonds. The number of allylic oxidation sites excluding steroid dienone is 6. The van der Waals surface area contributed by atoms with E-state index in [0.29, 0.717) is 0 Å². The van der Waals surface area contributed by atoms with E-state index in [1.807, 2.05) is 25.4 Å². The molecule has 29 heavy (non-hydrogen) atoms. The fraction of sp³-hybridized carbons (Fsp3) is 0.538. The van der Waals surface area contributed by atoms with E-state index >= 15 is 0 Å². The lowest BCUT2D eigenvalue weighted by molar-refractivity contribution is 0.445. The summed E-state index contributed by atoms with van der Waals surface area (Å²) in [6, 6.07) is 0. The zero-order valence-electron chi connectivity index (χ0n) is 19.5. The van der Waals surface area contributed by atoms with Crippen LogP contribution in [-0.2, 0) is 6.42 Å². The summed E-state index contributed by atoms with van der Waals surface area (Å²) in [5, 5.41) is 3.10. The highest BCUT2D eigenvalue weighted by molar-refractivity contribution is 5.64. The van der Waals surface area contributed by atoms with Crippen molar-refractivity contribution in [2.24, 2.45) is 5.92 Å². The van der Waals surface area contributed by atoms with Crippen LogP contribution in [0.2, 0.25) is 0 Å². The molecule has 0 saturated heterocycles. The van der Waals surface area contributed by atoms with E-state index in [-0.39, 0.29) is 0 Å². The molecule has 1 aromatic rings. The van der Waals surface area contributed by atoms with Crippen molar-refractivity contribution in [2.75, 3.05) is 12.4 Å². The Bertz CT molecular complexity index is 623. The number of nitrogens with one attached hydrogen (secondary N) is 1. The maximum atomic E-state index is 4.73. The van der Waals surface area contributed by atoms with Crippen molar-refractivity contribution in [3.05, 3.63) is 61.1 Å². The molecule has 1 rings (SSSR count). The molecule has 0 radical (unpaired) electrons. The first-order chi connectivity index (χ1) is 14.1. The number of rotatable bonds is 13. The maximum Gasteiger partial charge on any atom is 0.147 e. The monoisotopic (exact) mass is 397 g/mol. The smallest absolute Gasteiger partial charge is 0.147 e. The molecule has 0 bridgehead atoms. The number of anilines is 1. The maximum absolute atomic E-state index is 4.73. The zero-order chi connectivity index (χ0) is 21.9. The van der Waals surface area contributed by atoms with Gasteiger partial charge in [0.2, 0.25) is 0 Å². The Morgan fingerprint density at radius 2 is 1.76 bits per heavy atom. The van der Waals surface area contributed by atoms with E-state index in [1.165, 1.54) is 37.7 Å². The second kappa shape index (κ2) is 17.9. The van der Waals surface area contributed by atoms with Crippen LogP contribution >= 0.6 is 0 Å². The number of aryl methyl sites for hydroxylation is 1. The zero-order valence-corrected chi connectivity index (χ0v) is 19.5. The Hall–Kier alpha value is -2.16. The largest absolute Gasteiger partial charge is 0.372 e. The van der Waals surface area contributed by atoms with Gasteiger partial charge in [-0.1, -0.05) is 96.8 Å². The molecule has 162 valence electrons. The molecular formula is C26H43N3. The minimum absolute atomic E-state index is 0.877. The van der Waals surface area contributed by atoms with Crippen molar-refractivity contribution < 1.29 is 0 Å². The molecule has 0 aliphatic carbocycles. The first-order valence-electron chi connectivity index (χ1n) is 11.2. The van der Waals surface area contributed by atoms with Crippen LogP contribution in [0, 0.1) is 5.92 Å². The Morgan fingerprint density at radius 1 is 1.07 bits per heavy atom. The molecule has 3 nitrogen and oxygen atoms in total. The molecule has 1 heterocycles. The van der Waals surface area contributed by atoms with E-state index < -0.39 is 0 Å². The minimum atomic E-state index is 0.877. The quantitative estimate of drug-likeness (QED) is 0.273. The van der Waals surface area contributed by atoms with Gasteiger partial charge in [0.05, 0.1) is 17.6 Å². The van der Waals surface area contributed by atoms with Crippen LogP contribution in [-0.4, -0.2) is 17.0 Å². The number of nitrogens with zero attached hydrogens (tertiary/aromatic N) is 2. The van der Waals surface area contributed by atoms with Gasteiger partial charge in [0.1, 0.15) is 5.82 Å². The topological polar surface area (TPSA) is 37.8 Å². The number of aromatic nitrogens is 2. The van der Waals surface area contributed by atoms with Crippen LogP contribution in [0.3, 0.4) is 0 Å². The molecule has 0 aliphatic heterocycles. The van der Waals surface area contributed by atoms with E-state index in [9.17, 15) is 0 Å². The van der Waals surface area contributed by atoms with Crippen molar-refractivity contribution in [3.63, 3.8) is 0 Å². The fourth-order valence-corrected chi connectivity index (χ4v) is 3.27. The minimum Gasteiger partial charge on any atom is -0.372 e. The van der Waals surface area contributed by atoms with Crippen molar-refractivity contribution in [1.29, 1.82) is 0 Å². The summed E-state index contributed by atoms with van der Waals surface area (Å²) in [5.41, 5.74) is 3.18. The molecule has 0 unspecified atom stereocenters. The standard InChI is InChI=1S/C16H23N3.C10H20/c1-5-8-9-11-13(7-3)15-12-18-16(17-4)14(19-15)10-6-2;1-4-7-10(8-5-2)9-6-3/h5,8-9,11-12H,1,6-7,10H2,2-4H3,(H,17,18);4,10H,1,5-9H2,2-3H3/b9-8-,13-11+;. The Labute approximate surface area is 180 Å². The molecule has 3 heteroatoms. The van der Waals surface area contributed by atoms with Crippen LogP contribution < -0.4 is 5.32 Å². The van der Waals surface area contributed by atoms with Crippen molar-refractivity contribution in [1.82, 2.24) is 9.97 Å². The molecule has 0 saturated carbocycles. The first kappa shape index (κ1) is 26.8. The second-order valence-electron chi connectivity index (χ2n) is 7.18. The fourth-order valence-electron chi connectivity index (χ4n) is 3.27. The van der Waals surface area contributed by atoms with Gasteiger partial charge in [0, 0.05) is 7.05 Å². The summed E-state index contributed by atoms with van der Waals surface area (Å²) < 4.78 is 0. The molecular weight excluding hydrogens is 354 g/mol. The van der Waals surface area contributed by atoms with Gasteiger partial charge in [0.25, 0.3) is 0 Å². The van der Waals surface area contributed by atoms with E-state index in [4.69, 9.17) is 4.98 Å². The lowest BCUT2D eigenvalue weighted by Crippen LogP contribution is -2.04. The lowest BCUT2D eigenvalue weighted by atomic mass is 9.95. The van der Waals surface area contributed by atoms with E-state index in [0.717, 1.165) is 42.4 Å². The van der Waals surface area contributed by atoms with Crippen LogP contribution in [0.25, 0.3) is 5.57 Å². The lowest BCUT2D eigenvalue weighted by Gasteiger charge is -2.11. The highest BCUT2D eigenvalue weighted by Gasteiger charge is 2.07. The van der Waals surface area contributed by atoms with E-state index in [1.54, 1.807) is 6.08 Å². The van der Waals surface area contributed by atoms with Gasteiger partial charge in [-0.15, -0.1) is 6.58 Å². The second-order valence-corrected chi connectivity index (χ2v) is 7.18. The summed E-state index contributed by atoms with van der Waals surface area (Å²) in [6.45, 7) is 16.2. The van der Waals surface area contributed by atoms with Crippen LogP contribution in [0.5, 0.6) is 0 Å². The van der Waals surface area contributed by atoms with Crippen LogP contribution in [0.1, 0.15) is 84.0 Å². The normalized spacial score (nSPS) is 11.3. The Morgan fingerprint density at radius 3 is 2.24 bits per heavy atom. The molecule has 0 atom stereocenters. The summed E-state index contributed by atoms with van der Waals surface area (Å²) in [4.78, 5) is 9.18. The highest BCUT2D eigenvalue weighted by atomic mass is 15.0. The average Bonchev–Trinajstić information content (AvgIpc) is 2.73. The molecule has 1 N–H and O–H groups in total. The molecule has 0 aliphatic rings. The average molecular weight is 398 g/mol. The summed E-state index contributed by atoms with van der Waals surface area (Å²) in [5.74, 6) is 1.79. The van der Waals surface area contributed by atoms with Crippen molar-refractivity contribution in [3.8, 4) is 0 Å². The highest BCUT2D eigenvalue weighted by Crippen LogP contribution is 2.19. The van der Waals surface area contributed by atoms with Crippen molar-refractivity contribution in [2.45, 2.75) is 79.1 Å². The third-order valence-corrected chi connectivity index (χ3v) is 4.72. The molecule has 0 aromatic carbocycles. The Kier molecular flexibility index (Phi) is 16.6. The van der Waals surface area contributed by atoms with E-state index in [2.05, 4.69) is 63.3 Å². The Balaban J connectivity index is 0.000000665. The third-order valence-electron chi connectivity index (χ3n) is 4.72. The van der Waals surface area contributed by atoms with Crippen LogP contribution in [0.15, 0.2) is 49.7 Å². The predicted octanol–water partition coefficient (Wildman–Crippen LogP) is 7.79. The van der Waals surface area contributed by atoms with Gasteiger partial charge in [0.15, 0.2) is 0 Å². The number of hydrogen-bond donors (Lipinski definition) is 1. The summed E-state index contributed by atoms with van der Waals surface area (Å²) in [6.07, 6.45) is 21.2. The summed E-state index contributed by atoms with van der Waals surface area (Å²) >= 11 is 0. The SMILES string of the molecule is C=C/C=C\C=C(/CC)c1cnc(NC)c(CCC)n1.C=CCC(CCC)CCC. The molecule has 1 aromatic heterocycles. The van der Waals surface area contributed by atoms with Gasteiger partial charge in [-0.2, -0.15) is 0 Å². The molecule has 0 fully saturated rings. The van der Waals surface area contributed by atoms with Gasteiger partial charge in [-0.3, -0.25) is 0 Å². The van der Waals surface area contributed by atoms with Crippen molar-refractivity contribution >= 4 is 11.4 Å². The molecule has 0 spiro atoms. The third kappa shape index (κ3) is 11.4. The van der Waals surface area contributed by atoms with Gasteiger partial charge in [-0.05, 0) is 30.8 Å². The predicted molar refractivity (Wildman–Crippen MR) is 131 cm³/mol. The first-order valence-corrected chi connectivity index (χ1v) is 11.2. The number of hydrogen-bond acceptors (Lipinski definition) is 3. The van der Waals surface area contributed by atoms with Crippen LogP contribution in [0.4, 0.5) is 5.82 Å². The van der Waals surface area contributed by atoms with Gasteiger partial charge >= 0.3 is 0 Å².